The molecule has 0 aliphatic heterocycles. The second-order valence-corrected chi connectivity index (χ2v) is 6.90. The average molecular weight is 388 g/mol. The topological polar surface area (TPSA) is 38.0 Å². The lowest BCUT2D eigenvalue weighted by atomic mass is 9.94. The summed E-state index contributed by atoms with van der Waals surface area (Å²) in [5.74, 6) is -0.223. The molecule has 1 aromatic carbocycles. The van der Waals surface area contributed by atoms with Crippen LogP contribution in [0.1, 0.15) is 29.3 Å². The molecule has 3 rings (SSSR count). The smallest absolute Gasteiger partial charge is 0.138 e. The van der Waals surface area contributed by atoms with Crippen molar-refractivity contribution in [3.8, 4) is 0 Å². The maximum Gasteiger partial charge on any atom is 0.138 e. The highest BCUT2D eigenvalue weighted by Crippen LogP contribution is 2.37. The number of nitrogens with one attached hydrogen (secondary N) is 1. The standard InChI is InChI=1S/C14H14FIN2S/c15-9-6-13(11(17)7-10(9)16)18-12-2-1-3-14-8(12)4-5-19-14/h4-7,12,18H,1-3,17H2. The van der Waals surface area contributed by atoms with Crippen LogP contribution in [0.2, 0.25) is 0 Å². The molecule has 1 unspecified atom stereocenters. The number of anilines is 2. The van der Waals surface area contributed by atoms with Crippen LogP contribution in [-0.4, -0.2) is 0 Å². The highest BCUT2D eigenvalue weighted by molar-refractivity contribution is 14.1. The highest BCUT2D eigenvalue weighted by Gasteiger charge is 2.21. The van der Waals surface area contributed by atoms with Crippen molar-refractivity contribution >= 4 is 45.3 Å². The van der Waals surface area contributed by atoms with Gasteiger partial charge in [-0.05, 0) is 64.9 Å². The van der Waals surface area contributed by atoms with Gasteiger partial charge in [0.2, 0.25) is 0 Å². The molecule has 3 N–H and O–H groups in total. The van der Waals surface area contributed by atoms with Gasteiger partial charge in [0.05, 0.1) is 21.0 Å². The fourth-order valence-corrected chi connectivity index (χ4v) is 3.99. The molecule has 1 atom stereocenters. The third-order valence-electron chi connectivity index (χ3n) is 3.47. The van der Waals surface area contributed by atoms with Crippen molar-refractivity contribution in [2.24, 2.45) is 0 Å². The lowest BCUT2D eigenvalue weighted by Gasteiger charge is -2.25. The Morgan fingerprint density at radius 1 is 1.42 bits per heavy atom. The number of benzene rings is 1. The third kappa shape index (κ3) is 2.58. The summed E-state index contributed by atoms with van der Waals surface area (Å²) in [6.07, 6.45) is 3.39. The quantitative estimate of drug-likeness (QED) is 0.585. The lowest BCUT2D eigenvalue weighted by Crippen LogP contribution is -2.16. The minimum Gasteiger partial charge on any atom is -0.397 e. The first-order chi connectivity index (χ1) is 9.15. The number of halogens is 2. The third-order valence-corrected chi connectivity index (χ3v) is 5.30. The monoisotopic (exact) mass is 388 g/mol. The predicted molar refractivity (Wildman–Crippen MR) is 87.2 cm³/mol. The Morgan fingerprint density at radius 3 is 3.11 bits per heavy atom. The molecule has 1 aromatic heterocycles. The Labute approximate surface area is 129 Å². The fraction of sp³-hybridized carbons (Fsp3) is 0.286. The van der Waals surface area contributed by atoms with E-state index in [9.17, 15) is 4.39 Å². The van der Waals surface area contributed by atoms with Crippen molar-refractivity contribution in [1.29, 1.82) is 0 Å². The van der Waals surface area contributed by atoms with E-state index in [0.717, 1.165) is 19.3 Å². The summed E-state index contributed by atoms with van der Waals surface area (Å²) < 4.78 is 14.2. The van der Waals surface area contributed by atoms with Crippen LogP contribution in [0.15, 0.2) is 23.6 Å². The number of hydrogen-bond acceptors (Lipinski definition) is 3. The number of nitrogens with two attached hydrogens (primary N) is 1. The Morgan fingerprint density at radius 2 is 2.26 bits per heavy atom. The minimum absolute atomic E-state index is 0.223. The van der Waals surface area contributed by atoms with Crippen LogP contribution in [0.4, 0.5) is 15.8 Å². The van der Waals surface area contributed by atoms with E-state index in [1.807, 2.05) is 22.6 Å². The number of thiophene rings is 1. The molecular weight excluding hydrogens is 374 g/mol. The van der Waals surface area contributed by atoms with E-state index in [1.165, 1.54) is 16.5 Å². The van der Waals surface area contributed by atoms with Crippen LogP contribution < -0.4 is 11.1 Å². The number of nitrogen functional groups attached to an aromatic ring is 1. The maximum absolute atomic E-state index is 13.6. The van der Waals surface area contributed by atoms with Gasteiger partial charge in [-0.2, -0.15) is 0 Å². The van der Waals surface area contributed by atoms with Gasteiger partial charge in [0.1, 0.15) is 5.82 Å². The molecule has 19 heavy (non-hydrogen) atoms. The molecule has 0 bridgehead atoms. The summed E-state index contributed by atoms with van der Waals surface area (Å²) in [5, 5.41) is 5.53. The highest BCUT2D eigenvalue weighted by atomic mass is 127. The van der Waals surface area contributed by atoms with Crippen molar-refractivity contribution in [1.82, 2.24) is 0 Å². The zero-order valence-electron chi connectivity index (χ0n) is 10.2. The summed E-state index contributed by atoms with van der Waals surface area (Å²) in [6, 6.07) is 5.58. The first-order valence-corrected chi connectivity index (χ1v) is 8.18. The van der Waals surface area contributed by atoms with Crippen LogP contribution in [0.5, 0.6) is 0 Å². The summed E-state index contributed by atoms with van der Waals surface area (Å²) in [6.45, 7) is 0. The van der Waals surface area contributed by atoms with Crippen molar-refractivity contribution in [2.75, 3.05) is 11.1 Å². The Hall–Kier alpha value is -0.820. The van der Waals surface area contributed by atoms with Crippen molar-refractivity contribution < 1.29 is 4.39 Å². The van der Waals surface area contributed by atoms with Gasteiger partial charge >= 0.3 is 0 Å². The van der Waals surface area contributed by atoms with E-state index >= 15 is 0 Å². The molecule has 1 heterocycles. The van der Waals surface area contributed by atoms with E-state index in [2.05, 4.69) is 16.8 Å². The Bertz CT molecular complexity index is 611. The van der Waals surface area contributed by atoms with Gasteiger partial charge in [-0.15, -0.1) is 11.3 Å². The molecule has 0 saturated carbocycles. The summed E-state index contributed by atoms with van der Waals surface area (Å²) >= 11 is 3.76. The summed E-state index contributed by atoms with van der Waals surface area (Å²) in [5.41, 5.74) is 8.61. The van der Waals surface area contributed by atoms with E-state index in [0.29, 0.717) is 14.9 Å². The van der Waals surface area contributed by atoms with Crippen molar-refractivity contribution in [3.63, 3.8) is 0 Å². The second kappa shape index (κ2) is 5.28. The van der Waals surface area contributed by atoms with Crippen molar-refractivity contribution in [3.05, 3.63) is 43.4 Å². The van der Waals surface area contributed by atoms with E-state index < -0.39 is 0 Å². The molecule has 5 heteroatoms. The minimum atomic E-state index is -0.223. The van der Waals surface area contributed by atoms with Crippen molar-refractivity contribution in [2.45, 2.75) is 25.3 Å². The van der Waals surface area contributed by atoms with E-state index in [1.54, 1.807) is 17.4 Å². The SMILES string of the molecule is Nc1cc(I)c(F)cc1NC1CCCc2sccc21. The van der Waals surface area contributed by atoms with Crippen LogP contribution >= 0.6 is 33.9 Å². The van der Waals surface area contributed by atoms with Crippen LogP contribution in [0.25, 0.3) is 0 Å². The maximum atomic E-state index is 13.6. The number of aryl methyl sites for hydroxylation is 1. The van der Waals surface area contributed by atoms with Gasteiger partial charge < -0.3 is 11.1 Å². The lowest BCUT2D eigenvalue weighted by molar-refractivity contribution is 0.604. The molecule has 0 saturated heterocycles. The molecular formula is C14H14FIN2S. The molecule has 100 valence electrons. The first kappa shape index (κ1) is 13.2. The zero-order chi connectivity index (χ0) is 13.4. The van der Waals surface area contributed by atoms with E-state index in [-0.39, 0.29) is 11.9 Å². The van der Waals surface area contributed by atoms with Crippen LogP contribution in [0, 0.1) is 9.39 Å². The Balaban J connectivity index is 1.89. The molecule has 1 aliphatic carbocycles. The second-order valence-electron chi connectivity index (χ2n) is 4.74. The normalized spacial score (nSPS) is 18.1. The first-order valence-electron chi connectivity index (χ1n) is 6.22. The summed E-state index contributed by atoms with van der Waals surface area (Å²) in [4.78, 5) is 1.44. The molecule has 0 amide bonds. The molecule has 0 spiro atoms. The Kier molecular flexibility index (Phi) is 3.66. The fourth-order valence-electron chi connectivity index (χ4n) is 2.51. The average Bonchev–Trinajstić information content (AvgIpc) is 2.85. The van der Waals surface area contributed by atoms with Crippen LogP contribution in [0.3, 0.4) is 0 Å². The van der Waals surface area contributed by atoms with Gasteiger partial charge in [-0.1, -0.05) is 0 Å². The van der Waals surface area contributed by atoms with Crippen LogP contribution in [-0.2, 0) is 6.42 Å². The van der Waals surface area contributed by atoms with E-state index in [4.69, 9.17) is 5.73 Å². The van der Waals surface area contributed by atoms with Gasteiger partial charge in [-0.3, -0.25) is 0 Å². The van der Waals surface area contributed by atoms with Gasteiger partial charge in [0.25, 0.3) is 0 Å². The zero-order valence-corrected chi connectivity index (χ0v) is 13.2. The van der Waals surface area contributed by atoms with Gasteiger partial charge in [-0.25, -0.2) is 4.39 Å². The van der Waals surface area contributed by atoms with Gasteiger partial charge in [0.15, 0.2) is 0 Å². The molecule has 0 fully saturated rings. The molecule has 2 aromatic rings. The molecule has 2 nitrogen and oxygen atoms in total. The molecule has 0 radical (unpaired) electrons. The largest absolute Gasteiger partial charge is 0.397 e. The number of fused-ring (bicyclic) bond motifs is 1. The number of rotatable bonds is 2. The summed E-state index contributed by atoms with van der Waals surface area (Å²) in [7, 11) is 0. The number of hydrogen-bond donors (Lipinski definition) is 2. The predicted octanol–water partition coefficient (Wildman–Crippen LogP) is 4.56. The van der Waals surface area contributed by atoms with Gasteiger partial charge in [0, 0.05) is 10.9 Å². The molecule has 1 aliphatic rings.